The number of nitrogens with one attached hydrogen (secondary N) is 1. The summed E-state index contributed by atoms with van der Waals surface area (Å²) in [5.41, 5.74) is 3.04. The molecule has 20 heavy (non-hydrogen) atoms. The SMILES string of the molecule is OC1CCCCC1CCCNC1Cc2ccccc2C1. The van der Waals surface area contributed by atoms with Crippen molar-refractivity contribution in [2.24, 2.45) is 5.92 Å². The molecule has 0 saturated heterocycles. The standard InChI is InChI=1S/C18H27NO/c20-18-10-4-3-6-14(18)9-5-11-19-17-12-15-7-1-2-8-16(15)13-17/h1-2,7-8,14,17-20H,3-6,9-13H2. The molecule has 2 N–H and O–H groups in total. The number of aliphatic hydroxyl groups excluding tert-OH is 1. The van der Waals surface area contributed by atoms with Gasteiger partial charge in [-0.15, -0.1) is 0 Å². The summed E-state index contributed by atoms with van der Waals surface area (Å²) in [5, 5.41) is 13.7. The van der Waals surface area contributed by atoms with E-state index in [1.54, 1.807) is 0 Å². The van der Waals surface area contributed by atoms with Crippen LogP contribution in [0, 0.1) is 5.92 Å². The number of rotatable bonds is 5. The highest BCUT2D eigenvalue weighted by atomic mass is 16.3. The van der Waals surface area contributed by atoms with E-state index in [4.69, 9.17) is 0 Å². The van der Waals surface area contributed by atoms with Gasteiger partial charge in [-0.3, -0.25) is 0 Å². The highest BCUT2D eigenvalue weighted by molar-refractivity contribution is 5.33. The average Bonchev–Trinajstić information content (AvgIpc) is 2.88. The van der Waals surface area contributed by atoms with Crippen LogP contribution in [0.25, 0.3) is 0 Å². The minimum absolute atomic E-state index is 0.0283. The molecule has 0 radical (unpaired) electrons. The zero-order valence-corrected chi connectivity index (χ0v) is 12.4. The monoisotopic (exact) mass is 273 g/mol. The Morgan fingerprint density at radius 1 is 1.05 bits per heavy atom. The zero-order chi connectivity index (χ0) is 13.8. The topological polar surface area (TPSA) is 32.3 Å². The Hall–Kier alpha value is -0.860. The van der Waals surface area contributed by atoms with Gasteiger partial charge in [-0.2, -0.15) is 0 Å². The summed E-state index contributed by atoms with van der Waals surface area (Å²) < 4.78 is 0. The molecule has 0 heterocycles. The van der Waals surface area contributed by atoms with Crippen LogP contribution >= 0.6 is 0 Å². The van der Waals surface area contributed by atoms with Crippen LogP contribution in [-0.2, 0) is 12.8 Å². The molecule has 2 aliphatic carbocycles. The molecule has 1 saturated carbocycles. The van der Waals surface area contributed by atoms with Gasteiger partial charge in [0.05, 0.1) is 6.10 Å². The largest absolute Gasteiger partial charge is 0.393 e. The maximum atomic E-state index is 9.98. The van der Waals surface area contributed by atoms with Crippen LogP contribution in [0.15, 0.2) is 24.3 Å². The van der Waals surface area contributed by atoms with Gasteiger partial charge < -0.3 is 10.4 Å². The molecule has 3 rings (SSSR count). The van der Waals surface area contributed by atoms with Gasteiger partial charge in [0, 0.05) is 6.04 Å². The first kappa shape index (κ1) is 14.1. The van der Waals surface area contributed by atoms with Gasteiger partial charge in [-0.1, -0.05) is 37.1 Å². The number of aliphatic hydroxyl groups is 1. The van der Waals surface area contributed by atoms with Gasteiger partial charge in [0.25, 0.3) is 0 Å². The van der Waals surface area contributed by atoms with Crippen LogP contribution < -0.4 is 5.32 Å². The van der Waals surface area contributed by atoms with Crippen LogP contribution in [0.3, 0.4) is 0 Å². The Balaban J connectivity index is 1.35. The molecule has 1 aromatic rings. The first-order chi connectivity index (χ1) is 9.83. The maximum absolute atomic E-state index is 9.98. The summed E-state index contributed by atoms with van der Waals surface area (Å²) in [4.78, 5) is 0. The molecule has 2 unspecified atom stereocenters. The van der Waals surface area contributed by atoms with Crippen LogP contribution in [-0.4, -0.2) is 23.8 Å². The Kier molecular flexibility index (Phi) is 4.74. The van der Waals surface area contributed by atoms with Crippen LogP contribution in [0.1, 0.15) is 49.7 Å². The normalized spacial score (nSPS) is 26.6. The molecule has 2 aliphatic rings. The number of fused-ring (bicyclic) bond motifs is 1. The van der Waals surface area contributed by atoms with E-state index in [1.807, 2.05) is 0 Å². The van der Waals surface area contributed by atoms with Gasteiger partial charge in [0.1, 0.15) is 0 Å². The van der Waals surface area contributed by atoms with E-state index in [9.17, 15) is 5.11 Å². The van der Waals surface area contributed by atoms with Crippen molar-refractivity contribution < 1.29 is 5.11 Å². The van der Waals surface area contributed by atoms with E-state index in [1.165, 1.54) is 56.1 Å². The highest BCUT2D eigenvalue weighted by Crippen LogP contribution is 2.28. The van der Waals surface area contributed by atoms with Crippen molar-refractivity contribution in [3.05, 3.63) is 35.4 Å². The molecule has 0 amide bonds. The van der Waals surface area contributed by atoms with Gasteiger partial charge in [0.2, 0.25) is 0 Å². The zero-order valence-electron chi connectivity index (χ0n) is 12.4. The third-order valence-electron chi connectivity index (χ3n) is 5.10. The second-order valence-corrected chi connectivity index (χ2v) is 6.58. The van der Waals surface area contributed by atoms with E-state index in [0.717, 1.165) is 13.0 Å². The molecule has 110 valence electrons. The van der Waals surface area contributed by atoms with Gasteiger partial charge in [-0.05, 0) is 62.1 Å². The van der Waals surface area contributed by atoms with Crippen molar-refractivity contribution in [2.45, 2.75) is 63.5 Å². The summed E-state index contributed by atoms with van der Waals surface area (Å²) in [6, 6.07) is 9.44. The molecule has 2 atom stereocenters. The fourth-order valence-corrected chi connectivity index (χ4v) is 3.90. The van der Waals surface area contributed by atoms with Crippen molar-refractivity contribution in [1.82, 2.24) is 5.32 Å². The first-order valence-electron chi connectivity index (χ1n) is 8.31. The lowest BCUT2D eigenvalue weighted by Crippen LogP contribution is -2.31. The van der Waals surface area contributed by atoms with Gasteiger partial charge in [-0.25, -0.2) is 0 Å². The van der Waals surface area contributed by atoms with Gasteiger partial charge in [0.15, 0.2) is 0 Å². The number of hydrogen-bond donors (Lipinski definition) is 2. The minimum Gasteiger partial charge on any atom is -0.393 e. The Bertz CT molecular complexity index is 406. The highest BCUT2D eigenvalue weighted by Gasteiger charge is 2.23. The predicted molar refractivity (Wildman–Crippen MR) is 82.8 cm³/mol. The fraction of sp³-hybridized carbons (Fsp3) is 0.667. The molecule has 0 bridgehead atoms. The molecule has 0 aromatic heterocycles. The van der Waals surface area contributed by atoms with Gasteiger partial charge >= 0.3 is 0 Å². The summed E-state index contributed by atoms with van der Waals surface area (Å²) in [6.07, 6.45) is 9.52. The van der Waals surface area contributed by atoms with Crippen LogP contribution in [0.5, 0.6) is 0 Å². The minimum atomic E-state index is -0.0283. The summed E-state index contributed by atoms with van der Waals surface area (Å²) >= 11 is 0. The number of hydrogen-bond acceptors (Lipinski definition) is 2. The lowest BCUT2D eigenvalue weighted by molar-refractivity contribution is 0.0642. The maximum Gasteiger partial charge on any atom is 0.0568 e. The van der Waals surface area contributed by atoms with Crippen LogP contribution in [0.2, 0.25) is 0 Å². The van der Waals surface area contributed by atoms with E-state index < -0.39 is 0 Å². The Morgan fingerprint density at radius 2 is 1.75 bits per heavy atom. The Labute approximate surface area is 122 Å². The Morgan fingerprint density at radius 3 is 2.45 bits per heavy atom. The summed E-state index contributed by atoms with van der Waals surface area (Å²) in [6.45, 7) is 1.10. The summed E-state index contributed by atoms with van der Waals surface area (Å²) in [5.74, 6) is 0.561. The lowest BCUT2D eigenvalue weighted by atomic mass is 9.83. The molecule has 0 aliphatic heterocycles. The second kappa shape index (κ2) is 6.73. The van der Waals surface area contributed by atoms with Crippen molar-refractivity contribution in [2.75, 3.05) is 6.54 Å². The molecule has 2 nitrogen and oxygen atoms in total. The van der Waals surface area contributed by atoms with Crippen molar-refractivity contribution in [1.29, 1.82) is 0 Å². The molecule has 1 aromatic carbocycles. The number of benzene rings is 1. The smallest absolute Gasteiger partial charge is 0.0568 e. The fourth-order valence-electron chi connectivity index (χ4n) is 3.90. The van der Waals surface area contributed by atoms with Crippen molar-refractivity contribution >= 4 is 0 Å². The van der Waals surface area contributed by atoms with Crippen molar-refractivity contribution in [3.63, 3.8) is 0 Å². The van der Waals surface area contributed by atoms with Crippen molar-refractivity contribution in [3.8, 4) is 0 Å². The molecular formula is C18H27NO. The van der Waals surface area contributed by atoms with E-state index in [0.29, 0.717) is 12.0 Å². The van der Waals surface area contributed by atoms with E-state index in [-0.39, 0.29) is 6.10 Å². The third-order valence-corrected chi connectivity index (χ3v) is 5.10. The van der Waals surface area contributed by atoms with E-state index in [2.05, 4.69) is 29.6 Å². The third kappa shape index (κ3) is 3.42. The average molecular weight is 273 g/mol. The second-order valence-electron chi connectivity index (χ2n) is 6.58. The van der Waals surface area contributed by atoms with E-state index >= 15 is 0 Å². The summed E-state index contributed by atoms with van der Waals surface area (Å²) in [7, 11) is 0. The molecule has 2 heteroatoms. The lowest BCUT2D eigenvalue weighted by Gasteiger charge is -2.27. The first-order valence-corrected chi connectivity index (χ1v) is 8.31. The van der Waals surface area contributed by atoms with Crippen LogP contribution in [0.4, 0.5) is 0 Å². The molecule has 1 fully saturated rings. The predicted octanol–water partition coefficient (Wildman–Crippen LogP) is 3.07. The quantitative estimate of drug-likeness (QED) is 0.808. The molecule has 0 spiro atoms. The molecular weight excluding hydrogens is 246 g/mol.